The van der Waals surface area contributed by atoms with E-state index in [0.29, 0.717) is 0 Å². The molecule has 1 aliphatic rings. The Bertz CT molecular complexity index is 300. The number of nitrogens with zero attached hydrogens (tertiary/aromatic N) is 3. The van der Waals surface area contributed by atoms with Gasteiger partial charge in [0, 0.05) is 39.1 Å². The molecule has 3 heteroatoms. The lowest BCUT2D eigenvalue weighted by Crippen LogP contribution is -2.50. The minimum absolute atomic E-state index is 0.123. The highest BCUT2D eigenvalue weighted by Gasteiger charge is 2.22. The van der Waals surface area contributed by atoms with E-state index in [4.69, 9.17) is 5.26 Å². The van der Waals surface area contributed by atoms with Crippen LogP contribution in [0.1, 0.15) is 33.1 Å². The van der Waals surface area contributed by atoms with Crippen molar-refractivity contribution in [2.45, 2.75) is 39.2 Å². The molecule has 0 aromatic rings. The first-order valence-corrected chi connectivity index (χ1v) is 6.57. The summed E-state index contributed by atoms with van der Waals surface area (Å²) in [6, 6.07) is 2.55. The minimum Gasteiger partial charge on any atom is -0.300 e. The summed E-state index contributed by atoms with van der Waals surface area (Å²) in [7, 11) is 0. The molecule has 1 saturated heterocycles. The molecule has 0 radical (unpaired) electrons. The highest BCUT2D eigenvalue weighted by atomic mass is 15.3. The van der Waals surface area contributed by atoms with Gasteiger partial charge in [-0.25, -0.2) is 0 Å². The lowest BCUT2D eigenvalue weighted by molar-refractivity contribution is 0.112. The monoisotopic (exact) mass is 233 g/mol. The molecule has 1 fully saturated rings. The van der Waals surface area contributed by atoms with Crippen LogP contribution in [-0.4, -0.2) is 48.6 Å². The molecule has 0 saturated carbocycles. The van der Waals surface area contributed by atoms with Crippen molar-refractivity contribution in [3.63, 3.8) is 0 Å². The zero-order valence-electron chi connectivity index (χ0n) is 11.1. The first-order chi connectivity index (χ1) is 8.31. The van der Waals surface area contributed by atoms with Crippen LogP contribution in [0.15, 0.2) is 0 Å². The smallest absolute Gasteiger partial charge is 0.0978 e. The second-order valence-corrected chi connectivity index (χ2v) is 4.49. The Morgan fingerprint density at radius 3 is 2.47 bits per heavy atom. The number of hydrogen-bond acceptors (Lipinski definition) is 3. The van der Waals surface area contributed by atoms with E-state index in [1.54, 1.807) is 0 Å². The molecule has 0 aliphatic carbocycles. The van der Waals surface area contributed by atoms with Crippen molar-refractivity contribution in [2.75, 3.05) is 32.7 Å². The summed E-state index contributed by atoms with van der Waals surface area (Å²) in [5.74, 6) is 6.03. The molecule has 1 heterocycles. The van der Waals surface area contributed by atoms with Crippen LogP contribution in [0, 0.1) is 23.2 Å². The first-order valence-electron chi connectivity index (χ1n) is 6.57. The summed E-state index contributed by atoms with van der Waals surface area (Å²) in [4.78, 5) is 4.77. The van der Waals surface area contributed by atoms with Gasteiger partial charge in [0.1, 0.15) is 0 Å². The van der Waals surface area contributed by atoms with Crippen LogP contribution < -0.4 is 0 Å². The Hall–Kier alpha value is -1.03. The molecule has 3 nitrogen and oxygen atoms in total. The van der Waals surface area contributed by atoms with E-state index in [9.17, 15) is 0 Å². The van der Waals surface area contributed by atoms with E-state index in [0.717, 1.165) is 52.0 Å². The van der Waals surface area contributed by atoms with Crippen LogP contribution in [0.4, 0.5) is 0 Å². The summed E-state index contributed by atoms with van der Waals surface area (Å²) in [6.07, 6.45) is 3.05. The molecule has 0 bridgehead atoms. The first kappa shape index (κ1) is 14.0. The Morgan fingerprint density at radius 1 is 1.24 bits per heavy atom. The van der Waals surface area contributed by atoms with Crippen molar-refractivity contribution < 1.29 is 0 Å². The lowest BCUT2D eigenvalue weighted by atomic mass is 10.1. The number of rotatable bonds is 5. The van der Waals surface area contributed by atoms with E-state index >= 15 is 0 Å². The molecule has 1 rings (SSSR count). The van der Waals surface area contributed by atoms with Crippen molar-refractivity contribution in [1.82, 2.24) is 9.80 Å². The number of nitriles is 1. The van der Waals surface area contributed by atoms with Gasteiger partial charge in [-0.2, -0.15) is 5.26 Å². The van der Waals surface area contributed by atoms with E-state index in [1.165, 1.54) is 0 Å². The van der Waals surface area contributed by atoms with Gasteiger partial charge in [0.05, 0.1) is 12.1 Å². The fourth-order valence-electron chi connectivity index (χ4n) is 2.24. The Morgan fingerprint density at radius 2 is 1.94 bits per heavy atom. The molecular weight excluding hydrogens is 210 g/mol. The molecule has 0 N–H and O–H groups in total. The van der Waals surface area contributed by atoms with Crippen LogP contribution in [0.3, 0.4) is 0 Å². The zero-order valence-corrected chi connectivity index (χ0v) is 11.1. The maximum absolute atomic E-state index is 9.13. The molecule has 94 valence electrons. The normalized spacial score (nSPS) is 19.1. The van der Waals surface area contributed by atoms with Gasteiger partial charge >= 0.3 is 0 Å². The van der Waals surface area contributed by atoms with Crippen molar-refractivity contribution in [2.24, 2.45) is 0 Å². The van der Waals surface area contributed by atoms with Gasteiger partial charge < -0.3 is 0 Å². The van der Waals surface area contributed by atoms with Crippen LogP contribution in [0.5, 0.6) is 0 Å². The second-order valence-electron chi connectivity index (χ2n) is 4.49. The Kier molecular flexibility index (Phi) is 6.70. The second kappa shape index (κ2) is 8.12. The summed E-state index contributed by atoms with van der Waals surface area (Å²) >= 11 is 0. The van der Waals surface area contributed by atoms with Crippen LogP contribution in [-0.2, 0) is 0 Å². The fraction of sp³-hybridized carbons (Fsp3) is 0.786. The van der Waals surface area contributed by atoms with Crippen LogP contribution in [0.25, 0.3) is 0 Å². The third kappa shape index (κ3) is 4.77. The summed E-state index contributed by atoms with van der Waals surface area (Å²) in [5, 5.41) is 9.13. The highest BCUT2D eigenvalue weighted by Crippen LogP contribution is 2.10. The summed E-state index contributed by atoms with van der Waals surface area (Å²) < 4.78 is 0. The topological polar surface area (TPSA) is 30.3 Å². The predicted molar refractivity (Wildman–Crippen MR) is 70.4 cm³/mol. The Labute approximate surface area is 105 Å². The third-order valence-corrected chi connectivity index (χ3v) is 3.29. The van der Waals surface area contributed by atoms with Gasteiger partial charge in [-0.1, -0.05) is 13.3 Å². The fourth-order valence-corrected chi connectivity index (χ4v) is 2.24. The lowest BCUT2D eigenvalue weighted by Gasteiger charge is -2.36. The molecule has 0 amide bonds. The molecule has 1 aliphatic heterocycles. The van der Waals surface area contributed by atoms with E-state index in [1.807, 2.05) is 6.92 Å². The number of piperazine rings is 1. The third-order valence-electron chi connectivity index (χ3n) is 3.29. The summed E-state index contributed by atoms with van der Waals surface area (Å²) in [6.45, 7) is 9.31. The molecule has 0 aromatic heterocycles. The maximum atomic E-state index is 9.13. The van der Waals surface area contributed by atoms with Crippen molar-refractivity contribution >= 4 is 0 Å². The zero-order chi connectivity index (χ0) is 12.5. The molecule has 17 heavy (non-hydrogen) atoms. The van der Waals surface area contributed by atoms with E-state index < -0.39 is 0 Å². The SMILES string of the molecule is CC#CCCN1CCN(C(C#N)CCC)CC1. The largest absolute Gasteiger partial charge is 0.300 e. The van der Waals surface area contributed by atoms with Crippen molar-refractivity contribution in [1.29, 1.82) is 5.26 Å². The average molecular weight is 233 g/mol. The van der Waals surface area contributed by atoms with Crippen LogP contribution >= 0.6 is 0 Å². The molecule has 1 unspecified atom stereocenters. The molecule has 0 aromatic carbocycles. The molecule has 1 atom stereocenters. The van der Waals surface area contributed by atoms with E-state index in [2.05, 4.69) is 34.6 Å². The average Bonchev–Trinajstić information content (AvgIpc) is 2.37. The summed E-state index contributed by atoms with van der Waals surface area (Å²) in [5.41, 5.74) is 0. The van der Waals surface area contributed by atoms with Gasteiger partial charge in [-0.15, -0.1) is 11.8 Å². The maximum Gasteiger partial charge on any atom is 0.0978 e. The van der Waals surface area contributed by atoms with E-state index in [-0.39, 0.29) is 6.04 Å². The van der Waals surface area contributed by atoms with Gasteiger partial charge in [0.15, 0.2) is 0 Å². The minimum atomic E-state index is 0.123. The molecule has 0 spiro atoms. The van der Waals surface area contributed by atoms with Gasteiger partial charge in [0.2, 0.25) is 0 Å². The van der Waals surface area contributed by atoms with Crippen molar-refractivity contribution in [3.05, 3.63) is 0 Å². The van der Waals surface area contributed by atoms with Crippen molar-refractivity contribution in [3.8, 4) is 17.9 Å². The predicted octanol–water partition coefficient (Wildman–Crippen LogP) is 1.71. The Balaban J connectivity index is 2.29. The standard InChI is InChI=1S/C14H23N3/c1-3-5-6-8-16-9-11-17(12-10-16)14(13-15)7-4-2/h14H,4,6-12H2,1-2H3. The van der Waals surface area contributed by atoms with Crippen LogP contribution in [0.2, 0.25) is 0 Å². The number of hydrogen-bond donors (Lipinski definition) is 0. The van der Waals surface area contributed by atoms with Gasteiger partial charge in [0.25, 0.3) is 0 Å². The van der Waals surface area contributed by atoms with Gasteiger partial charge in [-0.3, -0.25) is 9.80 Å². The molecular formula is C14H23N3. The quantitative estimate of drug-likeness (QED) is 0.677. The highest BCUT2D eigenvalue weighted by molar-refractivity contribution is 4.96. The van der Waals surface area contributed by atoms with Gasteiger partial charge in [-0.05, 0) is 13.3 Å².